The van der Waals surface area contributed by atoms with Crippen LogP contribution in [-0.4, -0.2) is 12.8 Å². The molecule has 0 radical (unpaired) electrons. The van der Waals surface area contributed by atoms with Gasteiger partial charge >= 0.3 is 5.97 Å². The lowest BCUT2D eigenvalue weighted by atomic mass is 10.5. The maximum atomic E-state index is 11.4. The first-order chi connectivity index (χ1) is 4.84. The number of carbonyl (C=O) groups excluding carboxylic acids is 1. The van der Waals surface area contributed by atoms with E-state index in [-0.39, 0.29) is 5.76 Å². The largest absolute Gasteiger partial charge is 0.457 e. The second kappa shape index (κ2) is 3.00. The Balaban J connectivity index is 2.59. The molecule has 0 saturated heterocycles. The smallest absolute Gasteiger partial charge is 0.376 e. The van der Waals surface area contributed by atoms with Gasteiger partial charge in [-0.2, -0.15) is 0 Å². The summed E-state index contributed by atoms with van der Waals surface area (Å²) in [7, 11) is 0. The summed E-state index contributed by atoms with van der Waals surface area (Å²) in [5.74, 6) is -0.773. The van der Waals surface area contributed by atoms with Crippen molar-refractivity contribution >= 4 is 5.97 Å². The van der Waals surface area contributed by atoms with Gasteiger partial charge in [-0.05, 0) is 12.1 Å². The molecular formula is C6H5FO3. The highest BCUT2D eigenvalue weighted by atomic mass is 19.1. The van der Waals surface area contributed by atoms with Crippen molar-refractivity contribution < 1.29 is 18.3 Å². The van der Waals surface area contributed by atoms with Gasteiger partial charge in [0.15, 0.2) is 0 Å². The van der Waals surface area contributed by atoms with Crippen LogP contribution < -0.4 is 0 Å². The zero-order chi connectivity index (χ0) is 7.40. The van der Waals surface area contributed by atoms with Gasteiger partial charge < -0.3 is 9.15 Å². The maximum absolute atomic E-state index is 11.4. The fourth-order valence-corrected chi connectivity index (χ4v) is 0.515. The summed E-state index contributed by atoms with van der Waals surface area (Å²) >= 11 is 0. The van der Waals surface area contributed by atoms with Crippen LogP contribution in [0.25, 0.3) is 0 Å². The minimum atomic E-state index is -1.13. The lowest BCUT2D eigenvalue weighted by Gasteiger charge is -1.92. The Morgan fingerprint density at radius 3 is 3.10 bits per heavy atom. The van der Waals surface area contributed by atoms with Crippen molar-refractivity contribution in [1.29, 1.82) is 0 Å². The average molecular weight is 144 g/mol. The van der Waals surface area contributed by atoms with Crippen LogP contribution in [0.15, 0.2) is 22.8 Å². The minimum absolute atomic E-state index is 0.0117. The molecule has 1 rings (SSSR count). The Morgan fingerprint density at radius 1 is 1.80 bits per heavy atom. The minimum Gasteiger partial charge on any atom is -0.457 e. The zero-order valence-corrected chi connectivity index (χ0v) is 5.04. The number of rotatable bonds is 2. The van der Waals surface area contributed by atoms with Crippen molar-refractivity contribution in [3.8, 4) is 0 Å². The Kier molecular flexibility index (Phi) is 2.04. The van der Waals surface area contributed by atoms with Gasteiger partial charge in [0.1, 0.15) is 0 Å². The summed E-state index contributed by atoms with van der Waals surface area (Å²) in [5, 5.41) is 0. The van der Waals surface area contributed by atoms with E-state index in [0.29, 0.717) is 0 Å². The van der Waals surface area contributed by atoms with Crippen LogP contribution >= 0.6 is 0 Å². The first-order valence-electron chi connectivity index (χ1n) is 2.61. The van der Waals surface area contributed by atoms with Crippen molar-refractivity contribution in [2.75, 3.05) is 6.86 Å². The monoisotopic (exact) mass is 144 g/mol. The first kappa shape index (κ1) is 6.80. The number of hydrogen-bond donors (Lipinski definition) is 0. The molecule has 0 aromatic carbocycles. The lowest BCUT2D eigenvalue weighted by Crippen LogP contribution is -2.01. The molecule has 10 heavy (non-hydrogen) atoms. The number of alkyl halides is 1. The molecule has 0 N–H and O–H groups in total. The highest BCUT2D eigenvalue weighted by molar-refractivity contribution is 5.86. The van der Waals surface area contributed by atoms with Gasteiger partial charge in [-0.1, -0.05) is 0 Å². The first-order valence-corrected chi connectivity index (χ1v) is 2.61. The average Bonchev–Trinajstić information content (AvgIpc) is 2.38. The van der Waals surface area contributed by atoms with Crippen molar-refractivity contribution in [3.63, 3.8) is 0 Å². The van der Waals surface area contributed by atoms with Gasteiger partial charge in [-0.15, -0.1) is 0 Å². The molecule has 0 aliphatic rings. The van der Waals surface area contributed by atoms with Crippen LogP contribution in [-0.2, 0) is 4.74 Å². The van der Waals surface area contributed by atoms with Gasteiger partial charge in [-0.3, -0.25) is 0 Å². The normalized spacial score (nSPS) is 9.30. The van der Waals surface area contributed by atoms with Crippen molar-refractivity contribution in [2.24, 2.45) is 0 Å². The third kappa shape index (κ3) is 1.34. The van der Waals surface area contributed by atoms with E-state index >= 15 is 0 Å². The molecule has 0 atom stereocenters. The molecule has 4 heteroatoms. The number of halogens is 1. The van der Waals surface area contributed by atoms with Crippen molar-refractivity contribution in [3.05, 3.63) is 24.2 Å². The Morgan fingerprint density at radius 2 is 2.60 bits per heavy atom. The van der Waals surface area contributed by atoms with Crippen LogP contribution in [0.1, 0.15) is 10.6 Å². The summed E-state index contributed by atoms with van der Waals surface area (Å²) in [6, 6.07) is 2.92. The quantitative estimate of drug-likeness (QED) is 0.588. The van der Waals surface area contributed by atoms with Crippen LogP contribution in [0.5, 0.6) is 0 Å². The standard InChI is InChI=1S/C6H5FO3/c7-4-10-6(8)5-2-1-3-9-5/h1-3H,4H2. The van der Waals surface area contributed by atoms with E-state index in [4.69, 9.17) is 0 Å². The number of hydrogen-bond acceptors (Lipinski definition) is 3. The summed E-state index contributed by atoms with van der Waals surface area (Å²) in [5.41, 5.74) is 0. The highest BCUT2D eigenvalue weighted by Gasteiger charge is 2.07. The van der Waals surface area contributed by atoms with E-state index in [1.165, 1.54) is 18.4 Å². The van der Waals surface area contributed by atoms with Crippen LogP contribution in [0.4, 0.5) is 4.39 Å². The topological polar surface area (TPSA) is 39.4 Å². The van der Waals surface area contributed by atoms with Gasteiger partial charge in [0.05, 0.1) is 6.26 Å². The fourth-order valence-electron chi connectivity index (χ4n) is 0.515. The summed E-state index contributed by atoms with van der Waals surface area (Å²) in [4.78, 5) is 10.5. The van der Waals surface area contributed by atoms with E-state index < -0.39 is 12.8 Å². The summed E-state index contributed by atoms with van der Waals surface area (Å²) in [6.45, 7) is -1.13. The number of furan rings is 1. The van der Waals surface area contributed by atoms with Crippen molar-refractivity contribution in [2.45, 2.75) is 0 Å². The van der Waals surface area contributed by atoms with Gasteiger partial charge in [0.2, 0.25) is 12.6 Å². The Labute approximate surface area is 56.4 Å². The molecular weight excluding hydrogens is 139 g/mol. The molecule has 0 saturated carbocycles. The van der Waals surface area contributed by atoms with E-state index in [9.17, 15) is 9.18 Å². The molecule has 1 heterocycles. The third-order valence-corrected chi connectivity index (χ3v) is 0.908. The molecule has 0 bridgehead atoms. The number of ether oxygens (including phenoxy) is 1. The molecule has 54 valence electrons. The maximum Gasteiger partial charge on any atom is 0.376 e. The molecule has 0 spiro atoms. The third-order valence-electron chi connectivity index (χ3n) is 0.908. The van der Waals surface area contributed by atoms with E-state index in [0.717, 1.165) is 0 Å². The molecule has 0 aliphatic carbocycles. The zero-order valence-electron chi connectivity index (χ0n) is 5.04. The van der Waals surface area contributed by atoms with Crippen LogP contribution in [0.2, 0.25) is 0 Å². The van der Waals surface area contributed by atoms with Crippen LogP contribution in [0.3, 0.4) is 0 Å². The molecule has 0 aliphatic heterocycles. The predicted molar refractivity (Wildman–Crippen MR) is 30.1 cm³/mol. The molecule has 3 nitrogen and oxygen atoms in total. The predicted octanol–water partition coefficient (Wildman–Crippen LogP) is 1.36. The molecule has 0 unspecified atom stereocenters. The van der Waals surface area contributed by atoms with Crippen LogP contribution in [0, 0.1) is 0 Å². The van der Waals surface area contributed by atoms with E-state index in [2.05, 4.69) is 9.15 Å². The van der Waals surface area contributed by atoms with Gasteiger partial charge in [-0.25, -0.2) is 9.18 Å². The Hall–Kier alpha value is -1.32. The number of esters is 1. The summed E-state index contributed by atoms with van der Waals surface area (Å²) in [6.07, 6.45) is 1.31. The fraction of sp³-hybridized carbons (Fsp3) is 0.167. The Bertz CT molecular complexity index is 205. The van der Waals surface area contributed by atoms with Gasteiger partial charge in [0.25, 0.3) is 0 Å². The summed E-state index contributed by atoms with van der Waals surface area (Å²) < 4.78 is 19.9. The molecule has 0 fully saturated rings. The highest BCUT2D eigenvalue weighted by Crippen LogP contribution is 2.01. The lowest BCUT2D eigenvalue weighted by molar-refractivity contribution is 0.0289. The molecule has 1 aromatic heterocycles. The second-order valence-electron chi connectivity index (χ2n) is 1.52. The molecule has 1 aromatic rings. The van der Waals surface area contributed by atoms with E-state index in [1.807, 2.05) is 0 Å². The molecule has 0 amide bonds. The van der Waals surface area contributed by atoms with Gasteiger partial charge in [0, 0.05) is 0 Å². The second-order valence-corrected chi connectivity index (χ2v) is 1.52. The number of carbonyl (C=O) groups is 1. The van der Waals surface area contributed by atoms with Crippen molar-refractivity contribution in [1.82, 2.24) is 0 Å². The van der Waals surface area contributed by atoms with E-state index in [1.54, 1.807) is 0 Å². The SMILES string of the molecule is O=C(OCF)c1ccco1.